The Labute approximate surface area is 138 Å². The van der Waals surface area contributed by atoms with E-state index in [0.29, 0.717) is 0 Å². The number of benzene rings is 2. The van der Waals surface area contributed by atoms with Crippen LogP contribution in [-0.2, 0) is 11.2 Å². The van der Waals surface area contributed by atoms with Crippen LogP contribution in [0.2, 0.25) is 0 Å². The lowest BCUT2D eigenvalue weighted by molar-refractivity contribution is -0.138. The van der Waals surface area contributed by atoms with Gasteiger partial charge in [-0.1, -0.05) is 54.6 Å². The molecule has 2 aromatic carbocycles. The minimum Gasteiger partial charge on any atom is -0.348 e. The average Bonchev–Trinajstić information content (AvgIpc) is 3.05. The zero-order chi connectivity index (χ0) is 16.3. The molecule has 1 aliphatic rings. The summed E-state index contributed by atoms with van der Waals surface area (Å²) in [5, 5.41) is 3.36. The Morgan fingerprint density at radius 1 is 1.04 bits per heavy atom. The largest absolute Gasteiger partial charge is 0.348 e. The topological polar surface area (TPSA) is 32.3 Å². The maximum atomic E-state index is 12.6. The molecule has 120 valence electrons. The zero-order valence-electron chi connectivity index (χ0n) is 13.9. The zero-order valence-corrected chi connectivity index (χ0v) is 13.9. The van der Waals surface area contributed by atoms with Crippen LogP contribution in [0, 0.1) is 5.41 Å². The van der Waals surface area contributed by atoms with Gasteiger partial charge in [-0.05, 0) is 36.1 Å². The lowest BCUT2D eigenvalue weighted by Gasteiger charge is -2.30. The van der Waals surface area contributed by atoms with E-state index in [0.717, 1.165) is 25.9 Å². The quantitative estimate of drug-likeness (QED) is 0.942. The van der Waals surface area contributed by atoms with Crippen LogP contribution in [0.5, 0.6) is 0 Å². The Bertz CT molecular complexity index is 656. The second-order valence-electron chi connectivity index (χ2n) is 6.65. The van der Waals surface area contributed by atoms with Crippen molar-refractivity contribution in [2.45, 2.75) is 12.8 Å². The number of hydrogen-bond donors (Lipinski definition) is 1. The van der Waals surface area contributed by atoms with Gasteiger partial charge in [0.2, 0.25) is 5.91 Å². The molecule has 1 amide bonds. The van der Waals surface area contributed by atoms with Crippen molar-refractivity contribution in [1.29, 1.82) is 0 Å². The molecule has 1 saturated heterocycles. The van der Waals surface area contributed by atoms with Crippen molar-refractivity contribution in [2.75, 3.05) is 27.2 Å². The lowest BCUT2D eigenvalue weighted by Crippen LogP contribution is -2.43. The van der Waals surface area contributed by atoms with Crippen molar-refractivity contribution in [3.8, 4) is 11.1 Å². The van der Waals surface area contributed by atoms with Gasteiger partial charge >= 0.3 is 0 Å². The summed E-state index contributed by atoms with van der Waals surface area (Å²) in [7, 11) is 3.70. The van der Waals surface area contributed by atoms with E-state index in [1.807, 2.05) is 20.2 Å². The molecule has 1 unspecified atom stereocenters. The fourth-order valence-electron chi connectivity index (χ4n) is 3.46. The number of carbonyl (C=O) groups is 1. The summed E-state index contributed by atoms with van der Waals surface area (Å²) in [4.78, 5) is 14.4. The molecule has 0 radical (unpaired) electrons. The Morgan fingerprint density at radius 3 is 2.26 bits per heavy atom. The standard InChI is InChI=1S/C20H24N2O/c1-22(2)19(23)20(12-13-21-15-20)14-16-8-10-18(11-9-16)17-6-4-3-5-7-17/h3-11,21H,12-15H2,1-2H3. The van der Waals surface area contributed by atoms with E-state index in [1.165, 1.54) is 16.7 Å². The predicted octanol–water partition coefficient (Wildman–Crippen LogP) is 2.96. The minimum absolute atomic E-state index is 0.231. The summed E-state index contributed by atoms with van der Waals surface area (Å²) in [6.07, 6.45) is 1.70. The first-order valence-electron chi connectivity index (χ1n) is 8.18. The molecule has 1 N–H and O–H groups in total. The molecule has 0 spiro atoms. The molecule has 3 nitrogen and oxygen atoms in total. The van der Waals surface area contributed by atoms with Gasteiger partial charge in [0, 0.05) is 20.6 Å². The van der Waals surface area contributed by atoms with Crippen molar-refractivity contribution in [3.63, 3.8) is 0 Å². The number of amides is 1. The molecular weight excluding hydrogens is 284 g/mol. The van der Waals surface area contributed by atoms with Gasteiger partial charge in [-0.3, -0.25) is 4.79 Å². The second kappa shape index (κ2) is 6.55. The Hall–Kier alpha value is -2.13. The molecule has 0 aromatic heterocycles. The Kier molecular flexibility index (Phi) is 4.49. The van der Waals surface area contributed by atoms with Gasteiger partial charge in [0.25, 0.3) is 0 Å². The third-order valence-electron chi connectivity index (χ3n) is 4.71. The van der Waals surface area contributed by atoms with Gasteiger partial charge in [0.05, 0.1) is 5.41 Å². The fourth-order valence-corrected chi connectivity index (χ4v) is 3.46. The first-order chi connectivity index (χ1) is 11.1. The van der Waals surface area contributed by atoms with Gasteiger partial charge in [0.1, 0.15) is 0 Å². The number of rotatable bonds is 4. The molecule has 0 bridgehead atoms. The first kappa shape index (κ1) is 15.8. The summed E-state index contributed by atoms with van der Waals surface area (Å²) in [5.41, 5.74) is 3.37. The molecule has 1 atom stereocenters. The van der Waals surface area contributed by atoms with Crippen LogP contribution in [0.15, 0.2) is 54.6 Å². The summed E-state index contributed by atoms with van der Waals surface area (Å²) < 4.78 is 0. The van der Waals surface area contributed by atoms with Gasteiger partial charge in [-0.2, -0.15) is 0 Å². The number of carbonyl (C=O) groups excluding carboxylic acids is 1. The van der Waals surface area contributed by atoms with Crippen LogP contribution in [-0.4, -0.2) is 38.0 Å². The molecule has 2 aromatic rings. The van der Waals surface area contributed by atoms with Crippen molar-refractivity contribution in [2.24, 2.45) is 5.41 Å². The number of nitrogens with one attached hydrogen (secondary N) is 1. The van der Waals surface area contributed by atoms with Crippen molar-refractivity contribution >= 4 is 5.91 Å². The monoisotopic (exact) mass is 308 g/mol. The first-order valence-corrected chi connectivity index (χ1v) is 8.18. The van der Waals surface area contributed by atoms with Gasteiger partial charge in [-0.15, -0.1) is 0 Å². The maximum absolute atomic E-state index is 12.6. The van der Waals surface area contributed by atoms with Crippen LogP contribution >= 0.6 is 0 Å². The number of nitrogens with zero attached hydrogens (tertiary/aromatic N) is 1. The smallest absolute Gasteiger partial charge is 0.229 e. The summed E-state index contributed by atoms with van der Waals surface area (Å²) in [6.45, 7) is 1.69. The molecule has 3 heteroatoms. The van der Waals surface area contributed by atoms with Crippen LogP contribution in [0.1, 0.15) is 12.0 Å². The van der Waals surface area contributed by atoms with E-state index in [-0.39, 0.29) is 11.3 Å². The summed E-state index contributed by atoms with van der Waals surface area (Å²) in [5.74, 6) is 0.231. The van der Waals surface area contributed by atoms with Crippen molar-refractivity contribution in [1.82, 2.24) is 10.2 Å². The Morgan fingerprint density at radius 2 is 1.70 bits per heavy atom. The minimum atomic E-state index is -0.294. The highest BCUT2D eigenvalue weighted by Gasteiger charge is 2.42. The normalized spacial score (nSPS) is 20.4. The molecule has 1 heterocycles. The average molecular weight is 308 g/mol. The van der Waals surface area contributed by atoms with Crippen LogP contribution in [0.3, 0.4) is 0 Å². The van der Waals surface area contributed by atoms with E-state index in [2.05, 4.69) is 53.8 Å². The van der Waals surface area contributed by atoms with Crippen molar-refractivity contribution < 1.29 is 4.79 Å². The fraction of sp³-hybridized carbons (Fsp3) is 0.350. The van der Waals surface area contributed by atoms with E-state index in [4.69, 9.17) is 0 Å². The molecule has 1 fully saturated rings. The SMILES string of the molecule is CN(C)C(=O)C1(Cc2ccc(-c3ccccc3)cc2)CCNC1. The molecule has 23 heavy (non-hydrogen) atoms. The van der Waals surface area contributed by atoms with Gasteiger partial charge in [-0.25, -0.2) is 0 Å². The third-order valence-corrected chi connectivity index (χ3v) is 4.71. The van der Waals surface area contributed by atoms with Crippen LogP contribution in [0.4, 0.5) is 0 Å². The lowest BCUT2D eigenvalue weighted by atomic mass is 9.79. The summed E-state index contributed by atoms with van der Waals surface area (Å²) in [6, 6.07) is 19.0. The van der Waals surface area contributed by atoms with E-state index < -0.39 is 0 Å². The Balaban J connectivity index is 1.81. The van der Waals surface area contributed by atoms with E-state index >= 15 is 0 Å². The number of hydrogen-bond acceptors (Lipinski definition) is 2. The van der Waals surface area contributed by atoms with Gasteiger partial charge < -0.3 is 10.2 Å². The highest BCUT2D eigenvalue weighted by Crippen LogP contribution is 2.32. The molecule has 3 rings (SSSR count). The molecule has 1 aliphatic heterocycles. The second-order valence-corrected chi connectivity index (χ2v) is 6.65. The molecular formula is C20H24N2O. The predicted molar refractivity (Wildman–Crippen MR) is 94.2 cm³/mol. The molecule has 0 saturated carbocycles. The van der Waals surface area contributed by atoms with E-state index in [9.17, 15) is 4.79 Å². The maximum Gasteiger partial charge on any atom is 0.229 e. The third kappa shape index (κ3) is 3.30. The summed E-state index contributed by atoms with van der Waals surface area (Å²) >= 11 is 0. The molecule has 0 aliphatic carbocycles. The van der Waals surface area contributed by atoms with Crippen LogP contribution in [0.25, 0.3) is 11.1 Å². The van der Waals surface area contributed by atoms with Crippen LogP contribution < -0.4 is 5.32 Å². The van der Waals surface area contributed by atoms with Crippen molar-refractivity contribution in [3.05, 3.63) is 60.2 Å². The van der Waals surface area contributed by atoms with Gasteiger partial charge in [0.15, 0.2) is 0 Å². The highest BCUT2D eigenvalue weighted by molar-refractivity contribution is 5.83. The van der Waals surface area contributed by atoms with E-state index in [1.54, 1.807) is 4.90 Å². The highest BCUT2D eigenvalue weighted by atomic mass is 16.2.